The summed E-state index contributed by atoms with van der Waals surface area (Å²) in [4.78, 5) is 0.578. The molecule has 4 heteroatoms. The summed E-state index contributed by atoms with van der Waals surface area (Å²) in [6.45, 7) is 0. The molecule has 52 valence electrons. The lowest BCUT2D eigenvalue weighted by Gasteiger charge is -1.87. The summed E-state index contributed by atoms with van der Waals surface area (Å²) in [5.74, 6) is 0. The Bertz CT molecular complexity index is 262. The van der Waals surface area contributed by atoms with E-state index in [0.29, 0.717) is 26.6 Å². The van der Waals surface area contributed by atoms with Crippen LogP contribution in [0, 0.1) is 0 Å². The van der Waals surface area contributed by atoms with Crippen LogP contribution in [0.1, 0.15) is 0 Å². The molecule has 0 aromatic heterocycles. The first kappa shape index (κ1) is 7.92. The van der Waals surface area contributed by atoms with Gasteiger partial charge in [0.1, 0.15) is 0 Å². The molecule has 0 N–H and O–H groups in total. The lowest BCUT2D eigenvalue weighted by molar-refractivity contribution is 0.605. The molecule has 1 aromatic carbocycles. The number of hydrogen-bond donors (Lipinski definition) is 0. The lowest BCUT2D eigenvalue weighted by Crippen LogP contribution is -1.73. The molecule has 0 spiro atoms. The van der Waals surface area contributed by atoms with Gasteiger partial charge in [0.2, 0.25) is 0 Å². The van der Waals surface area contributed by atoms with Crippen molar-refractivity contribution < 1.29 is 4.21 Å². The van der Waals surface area contributed by atoms with Gasteiger partial charge in [0.25, 0.3) is 4.90 Å². The van der Waals surface area contributed by atoms with Crippen LogP contribution in [-0.4, -0.2) is 0 Å². The minimum absolute atomic E-state index is 0.399. The molecule has 0 aliphatic carbocycles. The first-order chi connectivity index (χ1) is 4.74. The van der Waals surface area contributed by atoms with E-state index in [0.717, 1.165) is 0 Å². The van der Waals surface area contributed by atoms with E-state index in [9.17, 15) is 4.21 Å². The van der Waals surface area contributed by atoms with Crippen LogP contribution in [0.4, 0.5) is 0 Å². The summed E-state index contributed by atoms with van der Waals surface area (Å²) in [6.07, 6.45) is 0. The van der Waals surface area contributed by atoms with Crippen LogP contribution in [0.2, 0.25) is 10.0 Å². The van der Waals surface area contributed by atoms with Gasteiger partial charge in [0.05, 0.1) is 10.0 Å². The fourth-order valence-electron chi connectivity index (χ4n) is 0.529. The van der Waals surface area contributed by atoms with Crippen molar-refractivity contribution in [1.29, 1.82) is 0 Å². The number of rotatable bonds is 1. The van der Waals surface area contributed by atoms with Gasteiger partial charge in [-0.3, -0.25) is 0 Å². The van der Waals surface area contributed by atoms with Crippen LogP contribution in [0.3, 0.4) is 0 Å². The van der Waals surface area contributed by atoms with Gasteiger partial charge in [-0.15, -0.1) is 0 Å². The topological polar surface area (TPSA) is 17.1 Å². The van der Waals surface area contributed by atoms with Crippen molar-refractivity contribution in [3.63, 3.8) is 0 Å². The molecular weight excluding hydrogens is 191 g/mol. The lowest BCUT2D eigenvalue weighted by atomic mass is 10.4. The molecular formula is C6H3Cl2OS+. The quantitative estimate of drug-likeness (QED) is 0.628. The maximum atomic E-state index is 10.2. The van der Waals surface area contributed by atoms with Crippen molar-refractivity contribution >= 4 is 34.9 Å². The largest absolute Gasteiger partial charge is 0.505 e. The minimum Gasteiger partial charge on any atom is -0.0827 e. The van der Waals surface area contributed by atoms with Gasteiger partial charge in [-0.25, -0.2) is 0 Å². The molecule has 1 rings (SSSR count). The highest BCUT2D eigenvalue weighted by molar-refractivity contribution is 7.65. The molecule has 0 fully saturated rings. The van der Waals surface area contributed by atoms with E-state index < -0.39 is 0 Å². The van der Waals surface area contributed by atoms with Crippen LogP contribution >= 0.6 is 23.2 Å². The highest BCUT2D eigenvalue weighted by atomic mass is 35.5. The average Bonchev–Trinajstić information content (AvgIpc) is 1.95. The maximum Gasteiger partial charge on any atom is 0.505 e. The Morgan fingerprint density at radius 2 is 1.90 bits per heavy atom. The summed E-state index contributed by atoms with van der Waals surface area (Å²) in [7, 11) is 0. The van der Waals surface area contributed by atoms with E-state index in [-0.39, 0.29) is 0 Å². The highest BCUT2D eigenvalue weighted by Crippen LogP contribution is 2.22. The first-order valence-electron chi connectivity index (χ1n) is 2.49. The van der Waals surface area contributed by atoms with Crippen LogP contribution in [0.5, 0.6) is 0 Å². The summed E-state index contributed by atoms with van der Waals surface area (Å²) < 4.78 is 10.2. The molecule has 1 aromatic rings. The predicted octanol–water partition coefficient (Wildman–Crippen LogP) is 2.78. The maximum absolute atomic E-state index is 10.2. The SMILES string of the molecule is O=[S+]c1ccc(Cl)c(Cl)c1. The first-order valence-corrected chi connectivity index (χ1v) is 3.98. The predicted molar refractivity (Wildman–Crippen MR) is 42.8 cm³/mol. The van der Waals surface area contributed by atoms with E-state index in [1.807, 2.05) is 0 Å². The van der Waals surface area contributed by atoms with Crippen molar-refractivity contribution in [2.24, 2.45) is 0 Å². The normalized spacial score (nSPS) is 9.40. The molecule has 0 heterocycles. The van der Waals surface area contributed by atoms with Gasteiger partial charge in [0.15, 0.2) is 0 Å². The van der Waals surface area contributed by atoms with Gasteiger partial charge in [-0.1, -0.05) is 23.2 Å². The smallest absolute Gasteiger partial charge is 0.0827 e. The second-order valence-corrected chi connectivity index (χ2v) is 3.11. The molecule has 1 nitrogen and oxygen atoms in total. The van der Waals surface area contributed by atoms with Crippen molar-refractivity contribution in [3.8, 4) is 0 Å². The Morgan fingerprint density at radius 1 is 1.20 bits per heavy atom. The fourth-order valence-corrected chi connectivity index (χ4v) is 1.18. The van der Waals surface area contributed by atoms with Gasteiger partial charge in [0, 0.05) is 16.3 Å². The standard InChI is InChI=1S/C6H3Cl2OS/c7-5-2-1-4(10-9)3-6(5)8/h1-3H/q+1. The van der Waals surface area contributed by atoms with E-state index in [1.54, 1.807) is 18.2 Å². The van der Waals surface area contributed by atoms with E-state index >= 15 is 0 Å². The van der Waals surface area contributed by atoms with Gasteiger partial charge >= 0.3 is 11.7 Å². The van der Waals surface area contributed by atoms with Crippen molar-refractivity contribution in [2.75, 3.05) is 0 Å². The number of halogens is 2. The molecule has 0 aliphatic heterocycles. The molecule has 0 radical (unpaired) electrons. The third kappa shape index (κ3) is 1.66. The summed E-state index contributed by atoms with van der Waals surface area (Å²) >= 11 is 11.6. The molecule has 0 aliphatic rings. The summed E-state index contributed by atoms with van der Waals surface area (Å²) in [6, 6.07) is 4.78. The minimum atomic E-state index is 0.399. The van der Waals surface area contributed by atoms with Gasteiger partial charge < -0.3 is 0 Å². The van der Waals surface area contributed by atoms with Crippen LogP contribution in [0.25, 0.3) is 0 Å². The number of hydrogen-bond acceptors (Lipinski definition) is 1. The summed E-state index contributed by atoms with van der Waals surface area (Å²) in [5.41, 5.74) is 0. The van der Waals surface area contributed by atoms with Crippen molar-refractivity contribution in [2.45, 2.75) is 4.90 Å². The molecule has 0 unspecified atom stereocenters. The molecule has 0 bridgehead atoms. The Morgan fingerprint density at radius 3 is 2.40 bits per heavy atom. The second-order valence-electron chi connectivity index (χ2n) is 1.66. The third-order valence-corrected chi connectivity index (χ3v) is 2.17. The Kier molecular flexibility index (Phi) is 2.60. The molecule has 0 atom stereocenters. The molecule has 0 saturated heterocycles. The molecule has 10 heavy (non-hydrogen) atoms. The zero-order valence-corrected chi connectivity index (χ0v) is 7.13. The zero-order valence-electron chi connectivity index (χ0n) is 4.80. The monoisotopic (exact) mass is 193 g/mol. The Balaban J connectivity index is 3.16. The van der Waals surface area contributed by atoms with Crippen molar-refractivity contribution in [1.82, 2.24) is 0 Å². The Hall–Kier alpha value is -0.180. The third-order valence-electron chi connectivity index (χ3n) is 0.987. The molecule has 0 saturated carbocycles. The van der Waals surface area contributed by atoms with E-state index in [4.69, 9.17) is 23.2 Å². The zero-order chi connectivity index (χ0) is 7.56. The van der Waals surface area contributed by atoms with E-state index in [2.05, 4.69) is 0 Å². The van der Waals surface area contributed by atoms with Crippen LogP contribution < -0.4 is 0 Å². The second kappa shape index (κ2) is 3.28. The van der Waals surface area contributed by atoms with Gasteiger partial charge in [-0.05, 0) is 6.07 Å². The summed E-state index contributed by atoms with van der Waals surface area (Å²) in [5, 5.41) is 0.891. The van der Waals surface area contributed by atoms with Crippen LogP contribution in [0.15, 0.2) is 23.1 Å². The van der Waals surface area contributed by atoms with E-state index in [1.165, 1.54) is 0 Å². The fraction of sp³-hybridized carbons (Fsp3) is 0. The highest BCUT2D eigenvalue weighted by Gasteiger charge is 2.07. The Labute approximate surface area is 72.4 Å². The van der Waals surface area contributed by atoms with Crippen LogP contribution in [-0.2, 0) is 15.9 Å². The van der Waals surface area contributed by atoms with Gasteiger partial charge in [-0.2, -0.15) is 0 Å². The van der Waals surface area contributed by atoms with Crippen molar-refractivity contribution in [3.05, 3.63) is 28.2 Å². The number of benzene rings is 1. The average molecular weight is 194 g/mol. The molecule has 0 amide bonds.